The second-order valence-corrected chi connectivity index (χ2v) is 5.25. The molecule has 2 aromatic carbocycles. The van der Waals surface area contributed by atoms with Crippen LogP contribution >= 0.6 is 15.9 Å². The molecule has 0 saturated carbocycles. The van der Waals surface area contributed by atoms with Gasteiger partial charge in [0.25, 0.3) is 0 Å². The number of para-hydroxylation sites is 1. The molecule has 1 aromatic heterocycles. The van der Waals surface area contributed by atoms with Gasteiger partial charge >= 0.3 is 0 Å². The van der Waals surface area contributed by atoms with E-state index in [9.17, 15) is 0 Å². The molecule has 0 aliphatic carbocycles. The molecule has 0 fully saturated rings. The lowest BCUT2D eigenvalue weighted by Crippen LogP contribution is -1.95. The Kier molecular flexibility index (Phi) is 2.67. The Labute approximate surface area is 109 Å². The Morgan fingerprint density at radius 3 is 2.59 bits per heavy atom. The van der Waals surface area contributed by atoms with Gasteiger partial charge in [-0.2, -0.15) is 0 Å². The number of fused-ring (bicyclic) bond motifs is 3. The summed E-state index contributed by atoms with van der Waals surface area (Å²) in [5, 5.41) is 2.68. The first-order valence-corrected chi connectivity index (χ1v) is 6.77. The third kappa shape index (κ3) is 1.67. The molecule has 3 aromatic rings. The molecule has 0 unspecified atom stereocenters. The predicted octanol–water partition coefficient (Wildman–Crippen LogP) is 4.97. The first-order valence-electron chi connectivity index (χ1n) is 5.97. The minimum Gasteiger partial charge on any atom is -0.340 e. The van der Waals surface area contributed by atoms with Crippen molar-refractivity contribution in [1.29, 1.82) is 0 Å². The maximum absolute atomic E-state index is 3.56. The SMILES string of the molecule is CCCn1c2ccccc2c2cc(Br)ccc21. The summed E-state index contributed by atoms with van der Waals surface area (Å²) in [5.41, 5.74) is 2.67. The molecule has 86 valence electrons. The van der Waals surface area contributed by atoms with Gasteiger partial charge in [-0.05, 0) is 30.7 Å². The quantitative estimate of drug-likeness (QED) is 0.627. The number of aryl methyl sites for hydroxylation is 1. The molecule has 0 bridgehead atoms. The molecule has 0 radical (unpaired) electrons. The Balaban J connectivity index is 2.48. The van der Waals surface area contributed by atoms with Gasteiger partial charge in [-0.15, -0.1) is 0 Å². The van der Waals surface area contributed by atoms with Crippen molar-refractivity contribution in [1.82, 2.24) is 4.57 Å². The molecule has 1 heterocycles. The summed E-state index contributed by atoms with van der Waals surface area (Å²) in [6, 6.07) is 15.2. The summed E-state index contributed by atoms with van der Waals surface area (Å²) in [5.74, 6) is 0. The van der Waals surface area contributed by atoms with Crippen molar-refractivity contribution in [2.24, 2.45) is 0 Å². The van der Waals surface area contributed by atoms with E-state index >= 15 is 0 Å². The van der Waals surface area contributed by atoms with Gasteiger partial charge in [-0.25, -0.2) is 0 Å². The van der Waals surface area contributed by atoms with Crippen LogP contribution in [0.4, 0.5) is 0 Å². The molecule has 0 spiro atoms. The minimum atomic E-state index is 1.08. The summed E-state index contributed by atoms with van der Waals surface area (Å²) in [4.78, 5) is 0. The Morgan fingerprint density at radius 2 is 1.76 bits per heavy atom. The summed E-state index contributed by atoms with van der Waals surface area (Å²) in [7, 11) is 0. The van der Waals surface area contributed by atoms with Crippen LogP contribution in [0, 0.1) is 0 Å². The summed E-state index contributed by atoms with van der Waals surface area (Å²) >= 11 is 3.56. The third-order valence-corrected chi connectivity index (χ3v) is 3.67. The molecule has 0 aliphatic heterocycles. The predicted molar refractivity (Wildman–Crippen MR) is 77.4 cm³/mol. The molecule has 2 heteroatoms. The summed E-state index contributed by atoms with van der Waals surface area (Å²) < 4.78 is 3.56. The third-order valence-electron chi connectivity index (χ3n) is 3.18. The zero-order valence-electron chi connectivity index (χ0n) is 9.78. The molecule has 0 saturated heterocycles. The smallest absolute Gasteiger partial charge is 0.0492 e. The molecular weight excluding hydrogens is 274 g/mol. The van der Waals surface area contributed by atoms with E-state index in [4.69, 9.17) is 0 Å². The van der Waals surface area contributed by atoms with Crippen LogP contribution in [0.15, 0.2) is 46.9 Å². The molecular formula is C15H14BrN. The van der Waals surface area contributed by atoms with E-state index in [1.54, 1.807) is 0 Å². The number of hydrogen-bond donors (Lipinski definition) is 0. The van der Waals surface area contributed by atoms with Crippen LogP contribution in [0.3, 0.4) is 0 Å². The van der Waals surface area contributed by atoms with Gasteiger partial charge in [0.15, 0.2) is 0 Å². The van der Waals surface area contributed by atoms with Crippen LogP contribution in [0.25, 0.3) is 21.8 Å². The molecule has 0 N–H and O–H groups in total. The van der Waals surface area contributed by atoms with E-state index in [1.165, 1.54) is 21.8 Å². The Bertz CT molecular complexity index is 682. The largest absolute Gasteiger partial charge is 0.340 e. The van der Waals surface area contributed by atoms with Crippen LogP contribution in [0.2, 0.25) is 0 Å². The highest BCUT2D eigenvalue weighted by Crippen LogP contribution is 2.31. The maximum Gasteiger partial charge on any atom is 0.0492 e. The van der Waals surface area contributed by atoms with E-state index in [0.717, 1.165) is 17.4 Å². The highest BCUT2D eigenvalue weighted by atomic mass is 79.9. The van der Waals surface area contributed by atoms with Crippen molar-refractivity contribution in [3.63, 3.8) is 0 Å². The first-order chi connectivity index (χ1) is 8.31. The van der Waals surface area contributed by atoms with Gasteiger partial charge < -0.3 is 4.57 Å². The highest BCUT2D eigenvalue weighted by Gasteiger charge is 2.09. The maximum atomic E-state index is 3.56. The molecule has 1 nitrogen and oxygen atoms in total. The van der Waals surface area contributed by atoms with Crippen LogP contribution in [-0.4, -0.2) is 4.57 Å². The standard InChI is InChI=1S/C15H14BrN/c1-2-9-17-14-6-4-3-5-12(14)13-10-11(16)7-8-15(13)17/h3-8,10H,2,9H2,1H3. The average Bonchev–Trinajstić information content (AvgIpc) is 2.65. The fourth-order valence-corrected chi connectivity index (χ4v) is 2.85. The van der Waals surface area contributed by atoms with E-state index in [1.807, 2.05) is 0 Å². The van der Waals surface area contributed by atoms with Gasteiger partial charge in [0.05, 0.1) is 0 Å². The van der Waals surface area contributed by atoms with E-state index in [0.29, 0.717) is 0 Å². The Morgan fingerprint density at radius 1 is 1.00 bits per heavy atom. The lowest BCUT2D eigenvalue weighted by atomic mass is 10.2. The number of hydrogen-bond acceptors (Lipinski definition) is 0. The summed E-state index contributed by atoms with van der Waals surface area (Å²) in [6.07, 6.45) is 1.16. The number of benzene rings is 2. The van der Waals surface area contributed by atoms with Gasteiger partial charge in [-0.3, -0.25) is 0 Å². The van der Waals surface area contributed by atoms with Gasteiger partial charge in [0, 0.05) is 32.8 Å². The zero-order chi connectivity index (χ0) is 11.8. The van der Waals surface area contributed by atoms with Crippen LogP contribution in [0.5, 0.6) is 0 Å². The molecule has 0 atom stereocenters. The van der Waals surface area contributed by atoms with E-state index in [2.05, 4.69) is 69.9 Å². The Hall–Kier alpha value is -1.28. The normalized spacial score (nSPS) is 11.4. The highest BCUT2D eigenvalue weighted by molar-refractivity contribution is 9.10. The number of nitrogens with zero attached hydrogens (tertiary/aromatic N) is 1. The first kappa shape index (κ1) is 10.8. The molecule has 3 rings (SSSR count). The van der Waals surface area contributed by atoms with Crippen molar-refractivity contribution in [3.05, 3.63) is 46.9 Å². The van der Waals surface area contributed by atoms with Crippen molar-refractivity contribution in [3.8, 4) is 0 Å². The number of aromatic nitrogens is 1. The molecule has 17 heavy (non-hydrogen) atoms. The number of rotatable bonds is 2. The monoisotopic (exact) mass is 287 g/mol. The van der Waals surface area contributed by atoms with Gasteiger partial charge in [-0.1, -0.05) is 41.1 Å². The fraction of sp³-hybridized carbons (Fsp3) is 0.200. The van der Waals surface area contributed by atoms with Crippen molar-refractivity contribution >= 4 is 37.7 Å². The summed E-state index contributed by atoms with van der Waals surface area (Å²) in [6.45, 7) is 3.30. The van der Waals surface area contributed by atoms with Crippen molar-refractivity contribution < 1.29 is 0 Å². The lowest BCUT2D eigenvalue weighted by molar-refractivity contribution is 0.724. The fourth-order valence-electron chi connectivity index (χ4n) is 2.49. The molecule has 0 amide bonds. The van der Waals surface area contributed by atoms with E-state index < -0.39 is 0 Å². The van der Waals surface area contributed by atoms with Crippen LogP contribution in [0.1, 0.15) is 13.3 Å². The van der Waals surface area contributed by atoms with Gasteiger partial charge in [0.1, 0.15) is 0 Å². The topological polar surface area (TPSA) is 4.93 Å². The minimum absolute atomic E-state index is 1.08. The number of halogens is 1. The zero-order valence-corrected chi connectivity index (χ0v) is 11.4. The van der Waals surface area contributed by atoms with Crippen molar-refractivity contribution in [2.45, 2.75) is 19.9 Å². The second-order valence-electron chi connectivity index (χ2n) is 4.33. The van der Waals surface area contributed by atoms with Crippen molar-refractivity contribution in [2.75, 3.05) is 0 Å². The van der Waals surface area contributed by atoms with Gasteiger partial charge in [0.2, 0.25) is 0 Å². The molecule has 0 aliphatic rings. The average molecular weight is 288 g/mol. The van der Waals surface area contributed by atoms with Crippen LogP contribution in [-0.2, 0) is 6.54 Å². The van der Waals surface area contributed by atoms with E-state index in [-0.39, 0.29) is 0 Å². The van der Waals surface area contributed by atoms with Crippen LogP contribution < -0.4 is 0 Å². The second kappa shape index (κ2) is 4.19. The lowest BCUT2D eigenvalue weighted by Gasteiger charge is -2.04.